The van der Waals surface area contributed by atoms with Crippen molar-refractivity contribution in [2.24, 2.45) is 0 Å². The Bertz CT molecular complexity index is 650. The van der Waals surface area contributed by atoms with Crippen LogP contribution in [0.2, 0.25) is 0 Å². The summed E-state index contributed by atoms with van der Waals surface area (Å²) >= 11 is 0. The number of nitrogens with zero attached hydrogens (tertiary/aromatic N) is 3. The summed E-state index contributed by atoms with van der Waals surface area (Å²) in [6.07, 6.45) is 0. The van der Waals surface area contributed by atoms with Crippen molar-refractivity contribution in [2.45, 2.75) is 40.3 Å². The fourth-order valence-electron chi connectivity index (χ4n) is 1.52. The fourth-order valence-corrected chi connectivity index (χ4v) is 1.52. The van der Waals surface area contributed by atoms with Crippen molar-refractivity contribution in [1.82, 2.24) is 13.7 Å². The molecule has 0 spiro atoms. The lowest BCUT2D eigenvalue weighted by atomic mass is 10.4. The molecule has 1 aromatic heterocycles. The van der Waals surface area contributed by atoms with E-state index in [1.807, 2.05) is 0 Å². The SMILES string of the molecule is CC#Cn1c(=O)n(CC)c(=O)n(C(C)C)c1=O. The van der Waals surface area contributed by atoms with Crippen molar-refractivity contribution in [2.75, 3.05) is 0 Å². The average molecular weight is 237 g/mol. The molecule has 0 saturated carbocycles. The molecule has 1 heterocycles. The zero-order chi connectivity index (χ0) is 13.2. The maximum absolute atomic E-state index is 11.9. The molecule has 17 heavy (non-hydrogen) atoms. The molecule has 1 aromatic rings. The largest absolute Gasteiger partial charge is 0.348 e. The minimum atomic E-state index is -0.686. The van der Waals surface area contributed by atoms with Gasteiger partial charge < -0.3 is 0 Å². The third-order valence-corrected chi connectivity index (χ3v) is 2.31. The first-order chi connectivity index (χ1) is 7.95. The van der Waals surface area contributed by atoms with Gasteiger partial charge in [-0.2, -0.15) is 4.57 Å². The molecule has 0 saturated heterocycles. The molecule has 6 heteroatoms. The van der Waals surface area contributed by atoms with Crippen LogP contribution in [0.1, 0.15) is 33.7 Å². The van der Waals surface area contributed by atoms with E-state index in [1.165, 1.54) is 6.92 Å². The third kappa shape index (κ3) is 2.09. The van der Waals surface area contributed by atoms with Crippen LogP contribution in [0.25, 0.3) is 0 Å². The molecule has 0 radical (unpaired) electrons. The summed E-state index contributed by atoms with van der Waals surface area (Å²) in [7, 11) is 0. The van der Waals surface area contributed by atoms with Gasteiger partial charge in [0.05, 0.1) is 0 Å². The molecular formula is C11H15N3O3. The van der Waals surface area contributed by atoms with Crippen LogP contribution < -0.4 is 17.1 Å². The number of hydrogen-bond donors (Lipinski definition) is 0. The summed E-state index contributed by atoms with van der Waals surface area (Å²) in [6.45, 7) is 6.80. The molecule has 1 rings (SSSR count). The van der Waals surface area contributed by atoms with Crippen LogP contribution in [-0.2, 0) is 6.54 Å². The van der Waals surface area contributed by atoms with E-state index in [-0.39, 0.29) is 12.6 Å². The van der Waals surface area contributed by atoms with Crippen molar-refractivity contribution in [1.29, 1.82) is 0 Å². The fraction of sp³-hybridized carbons (Fsp3) is 0.545. The van der Waals surface area contributed by atoms with Crippen LogP contribution in [0.4, 0.5) is 0 Å². The van der Waals surface area contributed by atoms with Gasteiger partial charge in [-0.1, -0.05) is 5.92 Å². The Morgan fingerprint density at radius 3 is 2.12 bits per heavy atom. The first-order valence-corrected chi connectivity index (χ1v) is 5.36. The maximum Gasteiger partial charge on any atom is 0.348 e. The van der Waals surface area contributed by atoms with Gasteiger partial charge in [0.25, 0.3) is 0 Å². The van der Waals surface area contributed by atoms with Gasteiger partial charge in [-0.15, -0.1) is 0 Å². The summed E-state index contributed by atoms with van der Waals surface area (Å²) in [5, 5.41) is 0. The highest BCUT2D eigenvalue weighted by Crippen LogP contribution is 1.92. The van der Waals surface area contributed by atoms with E-state index >= 15 is 0 Å². The predicted octanol–water partition coefficient (Wildman–Crippen LogP) is -0.399. The minimum absolute atomic E-state index is 0.204. The van der Waals surface area contributed by atoms with E-state index in [0.717, 1.165) is 13.7 Å². The zero-order valence-electron chi connectivity index (χ0n) is 10.4. The molecule has 0 aliphatic rings. The van der Waals surface area contributed by atoms with Gasteiger partial charge in [0, 0.05) is 18.6 Å². The lowest BCUT2D eigenvalue weighted by molar-refractivity contribution is 0.461. The summed E-state index contributed by atoms with van der Waals surface area (Å²) in [4.78, 5) is 35.6. The standard InChI is InChI=1S/C11H15N3O3/c1-5-7-13-9(15)12(6-2)10(16)14(8(3)4)11(13)17/h8H,6H2,1-4H3. The lowest BCUT2D eigenvalue weighted by Crippen LogP contribution is -2.53. The van der Waals surface area contributed by atoms with E-state index in [4.69, 9.17) is 0 Å². The van der Waals surface area contributed by atoms with E-state index in [1.54, 1.807) is 20.8 Å². The smallest absolute Gasteiger partial charge is 0.247 e. The van der Waals surface area contributed by atoms with Crippen LogP contribution in [0.15, 0.2) is 14.4 Å². The Balaban J connectivity index is 3.95. The summed E-state index contributed by atoms with van der Waals surface area (Å²) in [5.41, 5.74) is -1.96. The molecule has 0 aliphatic carbocycles. The molecule has 0 aromatic carbocycles. The van der Waals surface area contributed by atoms with Crippen LogP contribution >= 0.6 is 0 Å². The Hall–Kier alpha value is -2.03. The summed E-state index contributed by atoms with van der Waals surface area (Å²) in [6, 6.07) is 2.08. The van der Waals surface area contributed by atoms with Crippen molar-refractivity contribution in [3.8, 4) is 12.0 Å². The van der Waals surface area contributed by atoms with Crippen molar-refractivity contribution >= 4 is 0 Å². The van der Waals surface area contributed by atoms with Crippen LogP contribution in [0, 0.1) is 12.0 Å². The minimum Gasteiger partial charge on any atom is -0.247 e. The van der Waals surface area contributed by atoms with E-state index < -0.39 is 17.1 Å². The van der Waals surface area contributed by atoms with E-state index in [0.29, 0.717) is 0 Å². The molecule has 0 N–H and O–H groups in total. The van der Waals surface area contributed by atoms with Crippen molar-refractivity contribution < 1.29 is 0 Å². The first-order valence-electron chi connectivity index (χ1n) is 5.36. The highest BCUT2D eigenvalue weighted by atomic mass is 16.2. The monoisotopic (exact) mass is 237 g/mol. The topological polar surface area (TPSA) is 66.0 Å². The van der Waals surface area contributed by atoms with Gasteiger partial charge in [-0.3, -0.25) is 0 Å². The molecular weight excluding hydrogens is 222 g/mol. The Labute approximate surface area is 98.1 Å². The second kappa shape index (κ2) is 4.87. The molecule has 0 fully saturated rings. The molecule has 0 amide bonds. The molecule has 6 nitrogen and oxygen atoms in total. The lowest BCUT2D eigenvalue weighted by Gasteiger charge is -2.12. The van der Waals surface area contributed by atoms with Gasteiger partial charge in [0.2, 0.25) is 0 Å². The maximum atomic E-state index is 11.9. The Kier molecular flexibility index (Phi) is 3.73. The van der Waals surface area contributed by atoms with Gasteiger partial charge >= 0.3 is 17.1 Å². The first kappa shape index (κ1) is 13.0. The van der Waals surface area contributed by atoms with E-state index in [2.05, 4.69) is 12.0 Å². The number of rotatable bonds is 2. The number of aromatic nitrogens is 3. The average Bonchev–Trinajstić information content (AvgIpc) is 2.24. The summed E-state index contributed by atoms with van der Waals surface area (Å²) < 4.78 is 2.78. The van der Waals surface area contributed by atoms with Crippen LogP contribution in [0.3, 0.4) is 0 Å². The van der Waals surface area contributed by atoms with E-state index in [9.17, 15) is 14.4 Å². The van der Waals surface area contributed by atoms with Crippen LogP contribution in [-0.4, -0.2) is 13.7 Å². The zero-order valence-corrected chi connectivity index (χ0v) is 10.4. The molecule has 0 unspecified atom stereocenters. The Morgan fingerprint density at radius 1 is 1.12 bits per heavy atom. The number of hydrogen-bond acceptors (Lipinski definition) is 3. The van der Waals surface area contributed by atoms with Gasteiger partial charge in [0.1, 0.15) is 0 Å². The van der Waals surface area contributed by atoms with Crippen molar-refractivity contribution in [3.63, 3.8) is 0 Å². The third-order valence-electron chi connectivity index (χ3n) is 2.31. The Morgan fingerprint density at radius 2 is 1.71 bits per heavy atom. The molecule has 0 atom stereocenters. The quantitative estimate of drug-likeness (QED) is 0.657. The highest BCUT2D eigenvalue weighted by Gasteiger charge is 2.15. The predicted molar refractivity (Wildman–Crippen MR) is 64.1 cm³/mol. The molecule has 0 bridgehead atoms. The second-order valence-electron chi connectivity index (χ2n) is 3.75. The van der Waals surface area contributed by atoms with Crippen molar-refractivity contribution in [3.05, 3.63) is 31.5 Å². The highest BCUT2D eigenvalue weighted by molar-refractivity contribution is 5.00. The van der Waals surface area contributed by atoms with Crippen LogP contribution in [0.5, 0.6) is 0 Å². The van der Waals surface area contributed by atoms with Gasteiger partial charge in [0.15, 0.2) is 0 Å². The molecule has 0 aliphatic heterocycles. The normalized spacial score (nSPS) is 10.2. The second-order valence-corrected chi connectivity index (χ2v) is 3.75. The molecule has 92 valence electrons. The summed E-state index contributed by atoms with van der Waals surface area (Å²) in [5.74, 6) is 2.49. The van der Waals surface area contributed by atoms with Gasteiger partial charge in [-0.25, -0.2) is 23.5 Å². The van der Waals surface area contributed by atoms with Gasteiger partial charge in [-0.05, 0) is 27.7 Å².